The van der Waals surface area contributed by atoms with Gasteiger partial charge >= 0.3 is 6.03 Å². The lowest BCUT2D eigenvalue weighted by atomic mass is 10.1. The Hall–Kier alpha value is -1.60. The molecular weight excluding hydrogens is 314 g/mol. The maximum Gasteiger partial charge on any atom is 0.324 e. The molecule has 0 unspecified atom stereocenters. The number of anilines is 1. The molecule has 0 bridgehead atoms. The van der Waals surface area contributed by atoms with Crippen molar-refractivity contribution in [2.45, 2.75) is 32.9 Å². The van der Waals surface area contributed by atoms with Crippen molar-refractivity contribution in [1.29, 1.82) is 0 Å². The van der Waals surface area contributed by atoms with E-state index in [4.69, 9.17) is 0 Å². The van der Waals surface area contributed by atoms with Gasteiger partial charge in [-0.25, -0.2) is 13.2 Å². The molecule has 23 heavy (non-hydrogen) atoms. The van der Waals surface area contributed by atoms with Crippen LogP contribution in [0.15, 0.2) is 18.2 Å². The Morgan fingerprint density at radius 2 is 1.87 bits per heavy atom. The molecule has 1 fully saturated rings. The standard InChI is InChI=1S/C16H23N3O3S/c1-3-4-7-17-8-9-19(16(17)20)15-6-5-13-11-18(23(2,21)22)12-14(13)10-15/h5-6,10H,3-4,7-9,11-12H2,1-2H3. The van der Waals surface area contributed by atoms with Gasteiger partial charge in [0.05, 0.1) is 6.26 Å². The van der Waals surface area contributed by atoms with Crippen LogP contribution in [0.4, 0.5) is 10.5 Å². The summed E-state index contributed by atoms with van der Waals surface area (Å²) in [5.41, 5.74) is 2.88. The zero-order chi connectivity index (χ0) is 16.6. The average Bonchev–Trinajstić information content (AvgIpc) is 3.07. The van der Waals surface area contributed by atoms with Crippen molar-refractivity contribution in [2.24, 2.45) is 0 Å². The molecule has 126 valence electrons. The lowest BCUT2D eigenvalue weighted by molar-refractivity contribution is 0.220. The van der Waals surface area contributed by atoms with Gasteiger partial charge in [0, 0.05) is 38.4 Å². The lowest BCUT2D eigenvalue weighted by Gasteiger charge is -2.19. The summed E-state index contributed by atoms with van der Waals surface area (Å²) >= 11 is 0. The fraction of sp³-hybridized carbons (Fsp3) is 0.562. The number of carbonyl (C=O) groups is 1. The number of unbranched alkanes of at least 4 members (excludes halogenated alkanes) is 1. The highest BCUT2D eigenvalue weighted by atomic mass is 32.2. The fourth-order valence-electron chi connectivity index (χ4n) is 3.13. The van der Waals surface area contributed by atoms with E-state index in [0.29, 0.717) is 19.6 Å². The van der Waals surface area contributed by atoms with Gasteiger partial charge in [-0.2, -0.15) is 4.31 Å². The minimum atomic E-state index is -3.19. The van der Waals surface area contributed by atoms with Gasteiger partial charge < -0.3 is 4.90 Å². The zero-order valence-electron chi connectivity index (χ0n) is 13.7. The van der Waals surface area contributed by atoms with Crippen LogP contribution in [0.1, 0.15) is 30.9 Å². The first-order valence-corrected chi connectivity index (χ1v) is 9.88. The molecule has 1 saturated heterocycles. The third-order valence-corrected chi connectivity index (χ3v) is 5.74. The molecule has 2 aliphatic heterocycles. The highest BCUT2D eigenvalue weighted by Gasteiger charge is 2.31. The summed E-state index contributed by atoms with van der Waals surface area (Å²) in [4.78, 5) is 16.2. The summed E-state index contributed by atoms with van der Waals surface area (Å²) < 4.78 is 24.8. The van der Waals surface area contributed by atoms with E-state index in [-0.39, 0.29) is 6.03 Å². The Bertz CT molecular complexity index is 717. The first kappa shape index (κ1) is 16.3. The van der Waals surface area contributed by atoms with Crippen LogP contribution < -0.4 is 4.90 Å². The van der Waals surface area contributed by atoms with Crippen molar-refractivity contribution in [3.8, 4) is 0 Å². The molecule has 0 aromatic heterocycles. The van der Waals surface area contributed by atoms with Gasteiger partial charge in [-0.3, -0.25) is 4.90 Å². The normalized spacial score (nSPS) is 18.8. The number of amides is 2. The topological polar surface area (TPSA) is 60.9 Å². The monoisotopic (exact) mass is 337 g/mol. The number of rotatable bonds is 5. The predicted molar refractivity (Wildman–Crippen MR) is 89.8 cm³/mol. The van der Waals surface area contributed by atoms with Gasteiger partial charge in [0.1, 0.15) is 0 Å². The maximum absolute atomic E-state index is 12.5. The van der Waals surface area contributed by atoms with Crippen molar-refractivity contribution >= 4 is 21.7 Å². The molecule has 2 heterocycles. The van der Waals surface area contributed by atoms with Crippen molar-refractivity contribution in [1.82, 2.24) is 9.21 Å². The minimum absolute atomic E-state index is 0.0522. The number of urea groups is 1. The van der Waals surface area contributed by atoms with Gasteiger partial charge in [0.15, 0.2) is 0 Å². The Morgan fingerprint density at radius 1 is 1.13 bits per heavy atom. The molecule has 0 saturated carbocycles. The number of fused-ring (bicyclic) bond motifs is 1. The molecule has 1 aromatic carbocycles. The Labute approximate surface area is 137 Å². The van der Waals surface area contributed by atoms with Crippen LogP contribution in [-0.4, -0.2) is 49.5 Å². The van der Waals surface area contributed by atoms with Gasteiger partial charge in [-0.05, 0) is 29.7 Å². The van der Waals surface area contributed by atoms with Crippen LogP contribution in [0.25, 0.3) is 0 Å². The highest BCUT2D eigenvalue weighted by Crippen LogP contribution is 2.30. The summed E-state index contributed by atoms with van der Waals surface area (Å²) in [6.07, 6.45) is 3.33. The molecule has 0 aliphatic carbocycles. The van der Waals surface area contributed by atoms with Crippen molar-refractivity contribution in [3.05, 3.63) is 29.3 Å². The summed E-state index contributed by atoms with van der Waals surface area (Å²) in [5.74, 6) is 0. The second-order valence-electron chi connectivity index (χ2n) is 6.26. The van der Waals surface area contributed by atoms with Crippen LogP contribution in [0.3, 0.4) is 0 Å². The van der Waals surface area contributed by atoms with Crippen LogP contribution in [0.2, 0.25) is 0 Å². The van der Waals surface area contributed by atoms with E-state index in [1.165, 1.54) is 10.6 Å². The number of hydrogen-bond acceptors (Lipinski definition) is 3. The van der Waals surface area contributed by atoms with E-state index >= 15 is 0 Å². The maximum atomic E-state index is 12.5. The number of carbonyl (C=O) groups excluding carboxylic acids is 1. The summed E-state index contributed by atoms with van der Waals surface area (Å²) in [5, 5.41) is 0. The third-order valence-electron chi connectivity index (χ3n) is 4.54. The largest absolute Gasteiger partial charge is 0.324 e. The summed E-state index contributed by atoms with van der Waals surface area (Å²) in [6.45, 7) is 5.18. The number of benzene rings is 1. The fourth-order valence-corrected chi connectivity index (χ4v) is 3.88. The average molecular weight is 337 g/mol. The molecule has 2 amide bonds. The van der Waals surface area contributed by atoms with Gasteiger partial charge in [0.25, 0.3) is 0 Å². The van der Waals surface area contributed by atoms with E-state index in [1.807, 2.05) is 23.1 Å². The van der Waals surface area contributed by atoms with Crippen LogP contribution in [-0.2, 0) is 23.1 Å². The highest BCUT2D eigenvalue weighted by molar-refractivity contribution is 7.88. The van der Waals surface area contributed by atoms with Crippen molar-refractivity contribution < 1.29 is 13.2 Å². The van der Waals surface area contributed by atoms with Gasteiger partial charge in [0.2, 0.25) is 10.0 Å². The molecule has 0 radical (unpaired) electrons. The predicted octanol–water partition coefficient (Wildman–Crippen LogP) is 2.00. The van der Waals surface area contributed by atoms with Crippen LogP contribution >= 0.6 is 0 Å². The van der Waals surface area contributed by atoms with E-state index in [9.17, 15) is 13.2 Å². The number of nitrogens with zero attached hydrogens (tertiary/aromatic N) is 3. The van der Waals surface area contributed by atoms with E-state index < -0.39 is 10.0 Å². The third kappa shape index (κ3) is 3.21. The summed E-state index contributed by atoms with van der Waals surface area (Å²) in [6, 6.07) is 5.88. The van der Waals surface area contributed by atoms with Gasteiger partial charge in [-0.15, -0.1) is 0 Å². The lowest BCUT2D eigenvalue weighted by Crippen LogP contribution is -2.32. The van der Waals surface area contributed by atoms with Crippen LogP contribution in [0, 0.1) is 0 Å². The van der Waals surface area contributed by atoms with Crippen LogP contribution in [0.5, 0.6) is 0 Å². The second-order valence-corrected chi connectivity index (χ2v) is 8.24. The van der Waals surface area contributed by atoms with E-state index in [0.717, 1.165) is 42.7 Å². The molecule has 0 spiro atoms. The molecule has 3 rings (SSSR count). The van der Waals surface area contributed by atoms with Crippen molar-refractivity contribution in [3.63, 3.8) is 0 Å². The quantitative estimate of drug-likeness (QED) is 0.826. The Kier molecular flexibility index (Phi) is 4.33. The molecule has 7 heteroatoms. The molecule has 6 nitrogen and oxygen atoms in total. The summed E-state index contributed by atoms with van der Waals surface area (Å²) in [7, 11) is -3.19. The molecule has 2 aliphatic rings. The van der Waals surface area contributed by atoms with E-state index in [2.05, 4.69) is 6.92 Å². The molecule has 0 N–H and O–H groups in total. The second kappa shape index (κ2) is 6.13. The Balaban J connectivity index is 1.76. The first-order chi connectivity index (χ1) is 10.9. The smallest absolute Gasteiger partial charge is 0.323 e. The zero-order valence-corrected chi connectivity index (χ0v) is 14.5. The molecular formula is C16H23N3O3S. The minimum Gasteiger partial charge on any atom is -0.323 e. The SMILES string of the molecule is CCCCN1CCN(c2ccc3c(c2)CN(S(C)(=O)=O)C3)C1=O. The molecule has 0 atom stereocenters. The van der Waals surface area contributed by atoms with E-state index in [1.54, 1.807) is 4.90 Å². The Morgan fingerprint density at radius 3 is 2.57 bits per heavy atom. The van der Waals surface area contributed by atoms with Crippen molar-refractivity contribution in [2.75, 3.05) is 30.8 Å². The number of sulfonamides is 1. The first-order valence-electron chi connectivity index (χ1n) is 8.03. The van der Waals surface area contributed by atoms with Gasteiger partial charge in [-0.1, -0.05) is 19.4 Å². The number of hydrogen-bond donors (Lipinski definition) is 0. The molecule has 1 aromatic rings.